The molecule has 6 heteroatoms. The van der Waals surface area contributed by atoms with Crippen molar-refractivity contribution >= 4 is 23.6 Å². The molecular weight excluding hydrogens is 292 g/mol. The summed E-state index contributed by atoms with van der Waals surface area (Å²) in [4.78, 5) is 24.6. The number of nitrogens with zero attached hydrogens (tertiary/aromatic N) is 1. The molecule has 0 saturated carbocycles. The van der Waals surface area contributed by atoms with E-state index in [0.717, 1.165) is 12.0 Å². The number of ether oxygens (including phenoxy) is 1. The Hall–Kier alpha value is -1.75. The molecule has 1 fully saturated rings. The highest BCUT2D eigenvalue weighted by Gasteiger charge is 2.22. The van der Waals surface area contributed by atoms with Crippen LogP contribution in [0.4, 0.5) is 4.79 Å². The summed E-state index contributed by atoms with van der Waals surface area (Å²) < 4.78 is 4.81. The zero-order chi connectivity index (χ0) is 15.2. The predicted molar refractivity (Wildman–Crippen MR) is 80.3 cm³/mol. The lowest BCUT2D eigenvalue weighted by molar-refractivity contribution is -0.121. The van der Waals surface area contributed by atoms with Crippen molar-refractivity contribution in [2.24, 2.45) is 0 Å². The van der Waals surface area contributed by atoms with Gasteiger partial charge in [-0.15, -0.1) is 0 Å². The molecule has 1 aromatic carbocycles. The quantitative estimate of drug-likeness (QED) is 0.876. The molecule has 2 rings (SSSR count). The van der Waals surface area contributed by atoms with Gasteiger partial charge >= 0.3 is 6.09 Å². The molecule has 0 aromatic heterocycles. The van der Waals surface area contributed by atoms with Crippen molar-refractivity contribution in [2.45, 2.75) is 25.8 Å². The molecular formula is C15H19ClN2O3. The SMILES string of the molecule is C[C@@H](Cc1cccc(Cl)c1)NC(=O)CCN1CCOC1=O. The fourth-order valence-corrected chi connectivity index (χ4v) is 2.49. The Balaban J connectivity index is 1.73. The first-order valence-electron chi connectivity index (χ1n) is 7.00. The average Bonchev–Trinajstić information content (AvgIpc) is 2.81. The van der Waals surface area contributed by atoms with E-state index in [2.05, 4.69) is 5.32 Å². The van der Waals surface area contributed by atoms with E-state index in [1.165, 1.54) is 0 Å². The minimum Gasteiger partial charge on any atom is -0.448 e. The molecule has 1 saturated heterocycles. The lowest BCUT2D eigenvalue weighted by Crippen LogP contribution is -2.36. The van der Waals surface area contributed by atoms with Gasteiger partial charge in [0.05, 0.1) is 6.54 Å². The first-order chi connectivity index (χ1) is 10.0. The van der Waals surface area contributed by atoms with Gasteiger partial charge < -0.3 is 15.0 Å². The molecule has 1 heterocycles. The minimum atomic E-state index is -0.338. The third-order valence-electron chi connectivity index (χ3n) is 3.29. The monoisotopic (exact) mass is 310 g/mol. The van der Waals surface area contributed by atoms with Crippen molar-refractivity contribution < 1.29 is 14.3 Å². The molecule has 0 bridgehead atoms. The average molecular weight is 311 g/mol. The Morgan fingerprint density at radius 1 is 1.52 bits per heavy atom. The molecule has 1 N–H and O–H groups in total. The van der Waals surface area contributed by atoms with Gasteiger partial charge in [-0.2, -0.15) is 0 Å². The Bertz CT molecular complexity index is 521. The van der Waals surface area contributed by atoms with Crippen LogP contribution in [-0.2, 0) is 16.0 Å². The van der Waals surface area contributed by atoms with E-state index in [0.29, 0.717) is 24.7 Å². The van der Waals surface area contributed by atoms with Gasteiger partial charge in [-0.1, -0.05) is 23.7 Å². The van der Waals surface area contributed by atoms with Crippen molar-refractivity contribution in [3.05, 3.63) is 34.9 Å². The summed E-state index contributed by atoms with van der Waals surface area (Å²) in [7, 11) is 0. The van der Waals surface area contributed by atoms with E-state index >= 15 is 0 Å². The number of rotatable bonds is 6. The van der Waals surface area contributed by atoms with Crippen molar-refractivity contribution in [3.63, 3.8) is 0 Å². The Morgan fingerprint density at radius 3 is 3.00 bits per heavy atom. The van der Waals surface area contributed by atoms with Gasteiger partial charge in [0.2, 0.25) is 5.91 Å². The van der Waals surface area contributed by atoms with Crippen molar-refractivity contribution in [3.8, 4) is 0 Å². The summed E-state index contributed by atoms with van der Waals surface area (Å²) in [5.41, 5.74) is 1.08. The number of carbonyl (C=O) groups is 2. The molecule has 0 unspecified atom stereocenters. The predicted octanol–water partition coefficient (Wildman–Crippen LogP) is 2.23. The van der Waals surface area contributed by atoms with Crippen LogP contribution in [0.2, 0.25) is 5.02 Å². The van der Waals surface area contributed by atoms with Crippen LogP contribution < -0.4 is 5.32 Å². The van der Waals surface area contributed by atoms with Crippen LogP contribution in [-0.4, -0.2) is 42.6 Å². The second kappa shape index (κ2) is 7.31. The summed E-state index contributed by atoms with van der Waals surface area (Å²) in [5.74, 6) is -0.0655. The lowest BCUT2D eigenvalue weighted by atomic mass is 10.1. The normalized spacial score (nSPS) is 15.7. The van der Waals surface area contributed by atoms with E-state index in [-0.39, 0.29) is 24.5 Å². The second-order valence-electron chi connectivity index (χ2n) is 5.15. The Labute approximate surface area is 129 Å². The molecule has 5 nitrogen and oxygen atoms in total. The molecule has 1 aliphatic heterocycles. The summed E-state index contributed by atoms with van der Waals surface area (Å²) >= 11 is 5.93. The number of cyclic esters (lactones) is 1. The van der Waals surface area contributed by atoms with Gasteiger partial charge in [-0.3, -0.25) is 4.79 Å². The van der Waals surface area contributed by atoms with Crippen molar-refractivity contribution in [1.82, 2.24) is 10.2 Å². The number of carbonyl (C=O) groups excluding carboxylic acids is 2. The standard InChI is InChI=1S/C15H19ClN2O3/c1-11(9-12-3-2-4-13(16)10-12)17-14(19)5-6-18-7-8-21-15(18)20/h2-4,10-11H,5-9H2,1H3,(H,17,19)/t11-/m0/s1. The van der Waals surface area contributed by atoms with Gasteiger partial charge in [-0.25, -0.2) is 4.79 Å². The zero-order valence-electron chi connectivity index (χ0n) is 12.0. The number of hydrogen-bond acceptors (Lipinski definition) is 3. The second-order valence-corrected chi connectivity index (χ2v) is 5.59. The summed E-state index contributed by atoms with van der Waals surface area (Å²) in [6, 6.07) is 7.61. The van der Waals surface area contributed by atoms with Crippen LogP contribution in [0, 0.1) is 0 Å². The summed E-state index contributed by atoms with van der Waals surface area (Å²) in [6.07, 6.45) is 0.669. The first-order valence-corrected chi connectivity index (χ1v) is 7.38. The molecule has 21 heavy (non-hydrogen) atoms. The molecule has 1 aromatic rings. The minimum absolute atomic E-state index is 0.0153. The van der Waals surface area contributed by atoms with E-state index in [9.17, 15) is 9.59 Å². The van der Waals surface area contributed by atoms with Crippen LogP contribution in [0.5, 0.6) is 0 Å². The molecule has 0 spiro atoms. The maximum absolute atomic E-state index is 11.9. The van der Waals surface area contributed by atoms with E-state index < -0.39 is 0 Å². The number of amides is 2. The van der Waals surface area contributed by atoms with Crippen LogP contribution in [0.3, 0.4) is 0 Å². The number of nitrogens with one attached hydrogen (secondary N) is 1. The van der Waals surface area contributed by atoms with Gasteiger partial charge in [0, 0.05) is 24.0 Å². The van der Waals surface area contributed by atoms with Gasteiger partial charge in [0.15, 0.2) is 0 Å². The van der Waals surface area contributed by atoms with Crippen molar-refractivity contribution in [1.29, 1.82) is 0 Å². The largest absolute Gasteiger partial charge is 0.448 e. The summed E-state index contributed by atoms with van der Waals surface area (Å²) in [6.45, 7) is 3.31. The zero-order valence-corrected chi connectivity index (χ0v) is 12.7. The fourth-order valence-electron chi connectivity index (χ4n) is 2.28. The highest BCUT2D eigenvalue weighted by atomic mass is 35.5. The van der Waals surface area contributed by atoms with Crippen LogP contribution in [0.15, 0.2) is 24.3 Å². The topological polar surface area (TPSA) is 58.6 Å². The molecule has 1 atom stereocenters. The third kappa shape index (κ3) is 4.93. The number of halogens is 1. The van der Waals surface area contributed by atoms with Gasteiger partial charge in [0.1, 0.15) is 6.61 Å². The van der Waals surface area contributed by atoms with Crippen LogP contribution in [0.25, 0.3) is 0 Å². The van der Waals surface area contributed by atoms with Gasteiger partial charge in [0.25, 0.3) is 0 Å². The maximum Gasteiger partial charge on any atom is 0.409 e. The molecule has 2 amide bonds. The fraction of sp³-hybridized carbons (Fsp3) is 0.467. The smallest absolute Gasteiger partial charge is 0.409 e. The van der Waals surface area contributed by atoms with Gasteiger partial charge in [-0.05, 0) is 31.0 Å². The lowest BCUT2D eigenvalue weighted by Gasteiger charge is -2.16. The molecule has 0 radical (unpaired) electrons. The van der Waals surface area contributed by atoms with Crippen LogP contribution in [0.1, 0.15) is 18.9 Å². The molecule has 114 valence electrons. The highest BCUT2D eigenvalue weighted by Crippen LogP contribution is 2.12. The number of benzene rings is 1. The van der Waals surface area contributed by atoms with E-state index in [1.54, 1.807) is 4.90 Å². The summed E-state index contributed by atoms with van der Waals surface area (Å²) in [5, 5.41) is 3.62. The Kier molecular flexibility index (Phi) is 5.44. The maximum atomic E-state index is 11.9. The molecule has 1 aliphatic rings. The molecule has 0 aliphatic carbocycles. The Morgan fingerprint density at radius 2 is 2.33 bits per heavy atom. The third-order valence-corrected chi connectivity index (χ3v) is 3.53. The van der Waals surface area contributed by atoms with Crippen LogP contribution >= 0.6 is 11.6 Å². The first kappa shape index (κ1) is 15.6. The van der Waals surface area contributed by atoms with Crippen molar-refractivity contribution in [2.75, 3.05) is 19.7 Å². The highest BCUT2D eigenvalue weighted by molar-refractivity contribution is 6.30. The number of hydrogen-bond donors (Lipinski definition) is 1. The van der Waals surface area contributed by atoms with E-state index in [4.69, 9.17) is 16.3 Å². The van der Waals surface area contributed by atoms with E-state index in [1.807, 2.05) is 31.2 Å².